The molecular weight excluding hydrogens is 276 g/mol. The van der Waals surface area contributed by atoms with Gasteiger partial charge in [0, 0.05) is 18.7 Å². The van der Waals surface area contributed by atoms with Crippen LogP contribution in [0.2, 0.25) is 0 Å². The standard InChI is InChI=1S/C18H24N2O2/c1-11-6-12(2)17(13(3)7-11)10-20-18(21)19-9-16-8-14(4)22-15(16)5/h6-8H,9-10H2,1-5H3,(H2,19,20,21). The molecule has 2 N–H and O–H groups in total. The lowest BCUT2D eigenvalue weighted by Gasteiger charge is -2.13. The first-order chi connectivity index (χ1) is 10.4. The molecule has 1 aromatic heterocycles. The smallest absolute Gasteiger partial charge is 0.315 e. The average Bonchev–Trinajstić information content (AvgIpc) is 2.73. The highest BCUT2D eigenvalue weighted by Gasteiger charge is 2.08. The molecular formula is C18H24N2O2. The quantitative estimate of drug-likeness (QED) is 0.902. The Balaban J connectivity index is 1.89. The van der Waals surface area contributed by atoms with Gasteiger partial charge in [0.25, 0.3) is 0 Å². The normalized spacial score (nSPS) is 10.6. The van der Waals surface area contributed by atoms with Crippen molar-refractivity contribution in [3.8, 4) is 0 Å². The molecule has 0 aliphatic heterocycles. The van der Waals surface area contributed by atoms with E-state index < -0.39 is 0 Å². The van der Waals surface area contributed by atoms with Crippen LogP contribution in [-0.2, 0) is 13.1 Å². The van der Waals surface area contributed by atoms with Crippen molar-refractivity contribution in [2.24, 2.45) is 0 Å². The van der Waals surface area contributed by atoms with Crippen LogP contribution in [0.15, 0.2) is 22.6 Å². The summed E-state index contributed by atoms with van der Waals surface area (Å²) < 4.78 is 5.45. The van der Waals surface area contributed by atoms with Gasteiger partial charge in [0.1, 0.15) is 11.5 Å². The van der Waals surface area contributed by atoms with E-state index in [0.29, 0.717) is 13.1 Å². The Labute approximate surface area is 131 Å². The molecule has 2 aromatic rings. The molecule has 4 heteroatoms. The summed E-state index contributed by atoms with van der Waals surface area (Å²) in [5, 5.41) is 5.78. The predicted octanol–water partition coefficient (Wildman–Crippen LogP) is 3.82. The Morgan fingerprint density at radius 3 is 2.09 bits per heavy atom. The van der Waals surface area contributed by atoms with Crippen molar-refractivity contribution in [2.45, 2.75) is 47.7 Å². The maximum atomic E-state index is 11.9. The number of amides is 2. The van der Waals surface area contributed by atoms with Crippen molar-refractivity contribution in [1.82, 2.24) is 10.6 Å². The monoisotopic (exact) mass is 300 g/mol. The zero-order chi connectivity index (χ0) is 16.3. The summed E-state index contributed by atoms with van der Waals surface area (Å²) >= 11 is 0. The molecule has 0 fully saturated rings. The minimum atomic E-state index is -0.169. The van der Waals surface area contributed by atoms with Gasteiger partial charge < -0.3 is 15.1 Å². The third kappa shape index (κ3) is 3.91. The van der Waals surface area contributed by atoms with E-state index in [4.69, 9.17) is 4.42 Å². The second-order valence-electron chi connectivity index (χ2n) is 5.85. The van der Waals surface area contributed by atoms with Gasteiger partial charge in [0.05, 0.1) is 0 Å². The largest absolute Gasteiger partial charge is 0.466 e. The lowest BCUT2D eigenvalue weighted by Crippen LogP contribution is -2.34. The summed E-state index contributed by atoms with van der Waals surface area (Å²) in [6, 6.07) is 6.06. The molecule has 22 heavy (non-hydrogen) atoms. The van der Waals surface area contributed by atoms with Crippen LogP contribution in [0, 0.1) is 34.6 Å². The van der Waals surface area contributed by atoms with Crippen LogP contribution in [0.4, 0.5) is 4.79 Å². The summed E-state index contributed by atoms with van der Waals surface area (Å²) in [5.74, 6) is 1.71. The third-order valence-corrected chi connectivity index (χ3v) is 3.85. The van der Waals surface area contributed by atoms with Gasteiger partial charge in [-0.25, -0.2) is 4.79 Å². The minimum Gasteiger partial charge on any atom is -0.466 e. The van der Waals surface area contributed by atoms with Gasteiger partial charge in [-0.15, -0.1) is 0 Å². The SMILES string of the molecule is Cc1cc(C)c(CNC(=O)NCc2cc(C)oc2C)c(C)c1. The Kier molecular flexibility index (Phi) is 4.91. The fourth-order valence-corrected chi connectivity index (χ4v) is 2.75. The van der Waals surface area contributed by atoms with Gasteiger partial charge >= 0.3 is 6.03 Å². The van der Waals surface area contributed by atoms with Gasteiger partial charge in [-0.05, 0) is 57.4 Å². The van der Waals surface area contributed by atoms with Crippen LogP contribution in [-0.4, -0.2) is 6.03 Å². The summed E-state index contributed by atoms with van der Waals surface area (Å²) in [7, 11) is 0. The van der Waals surface area contributed by atoms with E-state index in [1.165, 1.54) is 22.3 Å². The zero-order valence-electron chi connectivity index (χ0n) is 14.0. The number of urea groups is 1. The molecule has 2 rings (SSSR count). The van der Waals surface area contributed by atoms with Gasteiger partial charge in [0.2, 0.25) is 0 Å². The molecule has 0 unspecified atom stereocenters. The lowest BCUT2D eigenvalue weighted by atomic mass is 10.00. The summed E-state index contributed by atoms with van der Waals surface area (Å²) in [5.41, 5.74) is 5.85. The van der Waals surface area contributed by atoms with Crippen LogP contribution in [0.1, 0.15) is 39.3 Å². The Morgan fingerprint density at radius 2 is 1.55 bits per heavy atom. The van der Waals surface area contributed by atoms with Crippen LogP contribution >= 0.6 is 0 Å². The molecule has 0 aliphatic carbocycles. The molecule has 0 bridgehead atoms. The van der Waals surface area contributed by atoms with E-state index >= 15 is 0 Å². The van der Waals surface area contributed by atoms with Crippen LogP contribution in [0.5, 0.6) is 0 Å². The zero-order valence-corrected chi connectivity index (χ0v) is 14.0. The number of hydrogen-bond acceptors (Lipinski definition) is 2. The van der Waals surface area contributed by atoms with E-state index in [9.17, 15) is 4.79 Å². The molecule has 1 aromatic carbocycles. The topological polar surface area (TPSA) is 54.3 Å². The molecule has 0 radical (unpaired) electrons. The van der Waals surface area contributed by atoms with Gasteiger partial charge in [-0.3, -0.25) is 0 Å². The van der Waals surface area contributed by atoms with Crippen LogP contribution < -0.4 is 10.6 Å². The molecule has 0 saturated carbocycles. The Hall–Kier alpha value is -2.23. The summed E-state index contributed by atoms with van der Waals surface area (Å²) in [6.45, 7) is 11.0. The first-order valence-electron chi connectivity index (χ1n) is 7.51. The molecule has 118 valence electrons. The van der Waals surface area contributed by atoms with Crippen molar-refractivity contribution in [2.75, 3.05) is 0 Å². The fourth-order valence-electron chi connectivity index (χ4n) is 2.75. The first-order valence-corrected chi connectivity index (χ1v) is 7.51. The Morgan fingerprint density at radius 1 is 0.955 bits per heavy atom. The number of rotatable bonds is 4. The molecule has 0 spiro atoms. The van der Waals surface area contributed by atoms with E-state index in [2.05, 4.69) is 43.5 Å². The second-order valence-corrected chi connectivity index (χ2v) is 5.85. The van der Waals surface area contributed by atoms with E-state index in [1.54, 1.807) is 0 Å². The number of furan rings is 1. The van der Waals surface area contributed by atoms with Gasteiger partial charge in [-0.1, -0.05) is 17.7 Å². The van der Waals surface area contributed by atoms with Crippen molar-refractivity contribution < 1.29 is 9.21 Å². The number of nitrogens with one attached hydrogen (secondary N) is 2. The highest BCUT2D eigenvalue weighted by atomic mass is 16.3. The highest BCUT2D eigenvalue weighted by molar-refractivity contribution is 5.74. The number of aryl methyl sites for hydroxylation is 5. The van der Waals surface area contributed by atoms with E-state index in [-0.39, 0.29) is 6.03 Å². The average molecular weight is 300 g/mol. The molecule has 2 amide bonds. The number of carbonyl (C=O) groups is 1. The summed E-state index contributed by atoms with van der Waals surface area (Å²) in [6.07, 6.45) is 0. The maximum Gasteiger partial charge on any atom is 0.315 e. The number of carbonyl (C=O) groups excluding carboxylic acids is 1. The molecule has 0 atom stereocenters. The number of benzene rings is 1. The van der Waals surface area contributed by atoms with Gasteiger partial charge in [-0.2, -0.15) is 0 Å². The third-order valence-electron chi connectivity index (χ3n) is 3.85. The fraction of sp³-hybridized carbons (Fsp3) is 0.389. The Bertz CT molecular complexity index is 663. The van der Waals surface area contributed by atoms with Crippen molar-refractivity contribution in [3.05, 3.63) is 57.5 Å². The first kappa shape index (κ1) is 16.1. The molecule has 4 nitrogen and oxygen atoms in total. The minimum absolute atomic E-state index is 0.169. The number of hydrogen-bond donors (Lipinski definition) is 2. The van der Waals surface area contributed by atoms with Crippen molar-refractivity contribution in [3.63, 3.8) is 0 Å². The maximum absolute atomic E-state index is 11.9. The molecule has 0 aliphatic rings. The highest BCUT2D eigenvalue weighted by Crippen LogP contribution is 2.16. The van der Waals surface area contributed by atoms with Crippen molar-refractivity contribution >= 4 is 6.03 Å². The van der Waals surface area contributed by atoms with Crippen LogP contribution in [0.25, 0.3) is 0 Å². The van der Waals surface area contributed by atoms with Gasteiger partial charge in [0.15, 0.2) is 0 Å². The second kappa shape index (κ2) is 6.69. The predicted molar refractivity (Wildman–Crippen MR) is 87.9 cm³/mol. The van der Waals surface area contributed by atoms with E-state index in [0.717, 1.165) is 17.1 Å². The molecule has 0 saturated heterocycles. The van der Waals surface area contributed by atoms with E-state index in [1.807, 2.05) is 19.9 Å². The van der Waals surface area contributed by atoms with Crippen molar-refractivity contribution in [1.29, 1.82) is 0 Å². The molecule has 1 heterocycles. The lowest BCUT2D eigenvalue weighted by molar-refractivity contribution is 0.240. The summed E-state index contributed by atoms with van der Waals surface area (Å²) in [4.78, 5) is 11.9. The van der Waals surface area contributed by atoms with Crippen LogP contribution in [0.3, 0.4) is 0 Å².